The molecule has 1 aromatic rings. The van der Waals surface area contributed by atoms with E-state index in [2.05, 4.69) is 0 Å². The van der Waals surface area contributed by atoms with Gasteiger partial charge in [-0.05, 0) is 30.9 Å². The summed E-state index contributed by atoms with van der Waals surface area (Å²) in [4.78, 5) is 26.7. The summed E-state index contributed by atoms with van der Waals surface area (Å²) in [6.45, 7) is 2.08. The molecule has 1 saturated heterocycles. The van der Waals surface area contributed by atoms with Gasteiger partial charge in [0.15, 0.2) is 23.4 Å². The number of hydrogen-bond donors (Lipinski definition) is 1. The number of hydrogen-bond acceptors (Lipinski definition) is 5. The molecule has 1 aromatic carbocycles. The molecule has 1 spiro atoms. The lowest BCUT2D eigenvalue weighted by Crippen LogP contribution is -2.77. The molecule has 1 N–H and O–H groups in total. The van der Waals surface area contributed by atoms with Crippen LogP contribution in [0.5, 0.6) is 11.5 Å². The number of Topliss-reactive ketones (excluding diaryl/α,β-unsaturated/α-hetero) is 1. The fraction of sp³-hybridized carbons (Fsp3) is 0.579. The maximum absolute atomic E-state index is 12.7. The van der Waals surface area contributed by atoms with Crippen LogP contribution in [0, 0.1) is 0 Å². The van der Waals surface area contributed by atoms with Gasteiger partial charge in [0, 0.05) is 25.5 Å². The van der Waals surface area contributed by atoms with E-state index < -0.39 is 17.1 Å². The molecule has 0 aromatic heterocycles. The normalized spacial score (nSPS) is 37.4. The highest BCUT2D eigenvalue weighted by Gasteiger charge is 2.73. The van der Waals surface area contributed by atoms with Gasteiger partial charge in [0.25, 0.3) is 0 Å². The van der Waals surface area contributed by atoms with Gasteiger partial charge in [-0.25, -0.2) is 0 Å². The Kier molecular flexibility index (Phi) is 2.77. The van der Waals surface area contributed by atoms with E-state index in [1.165, 1.54) is 0 Å². The number of benzene rings is 1. The van der Waals surface area contributed by atoms with E-state index in [0.29, 0.717) is 37.3 Å². The van der Waals surface area contributed by atoms with E-state index in [1.54, 1.807) is 18.9 Å². The van der Waals surface area contributed by atoms with Crippen molar-refractivity contribution in [3.05, 3.63) is 23.3 Å². The number of amides is 1. The van der Waals surface area contributed by atoms with Crippen LogP contribution in [-0.2, 0) is 21.4 Å². The highest BCUT2D eigenvalue weighted by Crippen LogP contribution is 2.64. The van der Waals surface area contributed by atoms with Gasteiger partial charge in [-0.2, -0.15) is 0 Å². The maximum atomic E-state index is 12.7. The molecule has 1 saturated carbocycles. The number of piperidine rings is 1. The number of nitrogens with zero attached hydrogens (tertiary/aromatic N) is 1. The van der Waals surface area contributed by atoms with Crippen LogP contribution in [0.3, 0.4) is 0 Å². The molecular weight excluding hydrogens is 322 g/mol. The average Bonchev–Trinajstić information content (AvgIpc) is 2.92. The van der Waals surface area contributed by atoms with Crippen LogP contribution in [0.15, 0.2) is 12.1 Å². The maximum Gasteiger partial charge on any atom is 0.219 e. The monoisotopic (exact) mass is 343 g/mol. The average molecular weight is 343 g/mol. The molecule has 132 valence electrons. The molecular formula is C19H21NO5. The van der Waals surface area contributed by atoms with Gasteiger partial charge in [-0.15, -0.1) is 0 Å². The molecule has 2 bridgehead atoms. The second kappa shape index (κ2) is 4.55. The predicted molar refractivity (Wildman–Crippen MR) is 87.8 cm³/mol. The first kappa shape index (κ1) is 15.2. The Hall–Kier alpha value is -2.08. The molecule has 2 heterocycles. The van der Waals surface area contributed by atoms with Crippen molar-refractivity contribution in [3.63, 3.8) is 0 Å². The minimum Gasteiger partial charge on any atom is -0.493 e. The molecule has 6 heteroatoms. The van der Waals surface area contributed by atoms with E-state index in [0.717, 1.165) is 11.1 Å². The molecule has 5 rings (SSSR count). The Morgan fingerprint density at radius 3 is 2.92 bits per heavy atom. The fourth-order valence-corrected chi connectivity index (χ4v) is 5.85. The molecule has 2 aliphatic heterocycles. The zero-order chi connectivity index (χ0) is 17.6. The van der Waals surface area contributed by atoms with Crippen LogP contribution in [0.25, 0.3) is 0 Å². The number of ether oxygens (including phenoxy) is 2. The number of aliphatic hydroxyl groups is 1. The van der Waals surface area contributed by atoms with Crippen LogP contribution >= 0.6 is 0 Å². The first-order chi connectivity index (χ1) is 11.9. The summed E-state index contributed by atoms with van der Waals surface area (Å²) in [5.41, 5.74) is 0.0803. The van der Waals surface area contributed by atoms with Crippen molar-refractivity contribution in [2.75, 3.05) is 13.7 Å². The van der Waals surface area contributed by atoms with Gasteiger partial charge >= 0.3 is 0 Å². The SMILES string of the molecule is COc1ccc2c3c1O[C@@H]1C(=O)CC[C@]4(O)[C@H](C2)N(C(C)=O)CCC314. The van der Waals surface area contributed by atoms with Crippen LogP contribution in [0.1, 0.15) is 37.3 Å². The first-order valence-electron chi connectivity index (χ1n) is 8.83. The molecule has 0 radical (unpaired) electrons. The van der Waals surface area contributed by atoms with E-state index >= 15 is 0 Å². The van der Waals surface area contributed by atoms with E-state index in [1.807, 2.05) is 12.1 Å². The lowest BCUT2D eigenvalue weighted by Gasteiger charge is -2.62. The zero-order valence-corrected chi connectivity index (χ0v) is 14.4. The fourth-order valence-electron chi connectivity index (χ4n) is 5.85. The number of methoxy groups -OCH3 is 1. The number of likely N-dealkylation sites (tertiary alicyclic amines) is 1. The summed E-state index contributed by atoms with van der Waals surface area (Å²) in [6, 6.07) is 3.52. The predicted octanol–water partition coefficient (Wildman–Crippen LogP) is 0.965. The summed E-state index contributed by atoms with van der Waals surface area (Å²) >= 11 is 0. The summed E-state index contributed by atoms with van der Waals surface area (Å²) in [6.07, 6.45) is 1.07. The van der Waals surface area contributed by atoms with Crippen molar-refractivity contribution in [1.29, 1.82) is 0 Å². The van der Waals surface area contributed by atoms with Gasteiger partial charge in [-0.3, -0.25) is 9.59 Å². The summed E-state index contributed by atoms with van der Waals surface area (Å²) < 4.78 is 11.6. The molecule has 4 atom stereocenters. The van der Waals surface area contributed by atoms with Crippen molar-refractivity contribution >= 4 is 11.7 Å². The highest BCUT2D eigenvalue weighted by atomic mass is 16.5. The Bertz CT molecular complexity index is 820. The molecule has 25 heavy (non-hydrogen) atoms. The van der Waals surface area contributed by atoms with Crippen LogP contribution in [-0.4, -0.2) is 53.1 Å². The summed E-state index contributed by atoms with van der Waals surface area (Å²) in [7, 11) is 1.58. The Morgan fingerprint density at radius 2 is 2.20 bits per heavy atom. The third-order valence-corrected chi connectivity index (χ3v) is 6.87. The molecule has 1 amide bonds. The smallest absolute Gasteiger partial charge is 0.219 e. The van der Waals surface area contributed by atoms with Crippen LogP contribution in [0.4, 0.5) is 0 Å². The van der Waals surface area contributed by atoms with Gasteiger partial charge in [-0.1, -0.05) is 6.07 Å². The summed E-state index contributed by atoms with van der Waals surface area (Å²) in [5, 5.41) is 11.8. The minimum absolute atomic E-state index is 0.0298. The lowest BCUT2D eigenvalue weighted by atomic mass is 9.49. The topological polar surface area (TPSA) is 76.1 Å². The van der Waals surface area contributed by atoms with Gasteiger partial charge in [0.05, 0.1) is 24.2 Å². The van der Waals surface area contributed by atoms with E-state index in [-0.39, 0.29) is 24.2 Å². The molecule has 1 unspecified atom stereocenters. The van der Waals surface area contributed by atoms with E-state index in [4.69, 9.17) is 9.47 Å². The third-order valence-electron chi connectivity index (χ3n) is 6.87. The number of ketones is 1. The van der Waals surface area contributed by atoms with E-state index in [9.17, 15) is 14.7 Å². The first-order valence-corrected chi connectivity index (χ1v) is 8.83. The lowest BCUT2D eigenvalue weighted by molar-refractivity contribution is -0.191. The highest BCUT2D eigenvalue weighted by molar-refractivity contribution is 5.90. The van der Waals surface area contributed by atoms with Crippen molar-refractivity contribution in [1.82, 2.24) is 4.90 Å². The van der Waals surface area contributed by atoms with Gasteiger partial charge in [0.2, 0.25) is 5.91 Å². The largest absolute Gasteiger partial charge is 0.493 e. The second-order valence-electron chi connectivity index (χ2n) is 7.67. The molecule has 4 aliphatic rings. The second-order valence-corrected chi connectivity index (χ2v) is 7.67. The molecule has 2 fully saturated rings. The number of carbonyl (C=O) groups excluding carboxylic acids is 2. The van der Waals surface area contributed by atoms with Crippen molar-refractivity contribution in [2.45, 2.75) is 55.8 Å². The standard InChI is InChI=1S/C19H21NO5/c1-10(21)20-8-7-18-15-11-3-4-13(24-2)16(15)25-17(18)12(22)5-6-19(18,23)14(20)9-11/h3-4,14,17,23H,5-9H2,1-2H3/t14-,17+,18?,19-/m0/s1. The summed E-state index contributed by atoms with van der Waals surface area (Å²) in [5.74, 6) is 1.21. The number of carbonyl (C=O) groups is 2. The Morgan fingerprint density at radius 1 is 1.40 bits per heavy atom. The quantitative estimate of drug-likeness (QED) is 0.822. The van der Waals surface area contributed by atoms with Gasteiger partial charge < -0.3 is 19.5 Å². The zero-order valence-electron chi connectivity index (χ0n) is 14.4. The van der Waals surface area contributed by atoms with Crippen molar-refractivity contribution in [2.24, 2.45) is 0 Å². The van der Waals surface area contributed by atoms with Crippen LogP contribution in [0.2, 0.25) is 0 Å². The van der Waals surface area contributed by atoms with Crippen LogP contribution < -0.4 is 9.47 Å². The Labute approximate surface area is 145 Å². The third kappa shape index (κ3) is 1.51. The van der Waals surface area contributed by atoms with Gasteiger partial charge in [0.1, 0.15) is 0 Å². The van der Waals surface area contributed by atoms with Crippen molar-refractivity contribution in [3.8, 4) is 11.5 Å². The molecule has 2 aliphatic carbocycles. The van der Waals surface area contributed by atoms with Crippen molar-refractivity contribution < 1.29 is 24.2 Å². The Balaban J connectivity index is 1.82. The number of rotatable bonds is 1. The molecule has 6 nitrogen and oxygen atoms in total. The minimum atomic E-state index is -1.14.